The van der Waals surface area contributed by atoms with Crippen molar-refractivity contribution >= 4 is 5.91 Å². The second-order valence-electron chi connectivity index (χ2n) is 6.27. The van der Waals surface area contributed by atoms with Crippen molar-refractivity contribution in [3.8, 4) is 0 Å². The molecule has 2 aromatic rings. The number of hydrogen-bond donors (Lipinski definition) is 1. The molecule has 1 aromatic heterocycles. The van der Waals surface area contributed by atoms with Gasteiger partial charge in [-0.2, -0.15) is 0 Å². The van der Waals surface area contributed by atoms with Crippen LogP contribution < -0.4 is 0 Å². The van der Waals surface area contributed by atoms with Crippen LogP contribution >= 0.6 is 0 Å². The van der Waals surface area contributed by atoms with E-state index in [1.165, 1.54) is 12.1 Å². The highest BCUT2D eigenvalue weighted by molar-refractivity contribution is 5.76. The van der Waals surface area contributed by atoms with Crippen LogP contribution in [0.2, 0.25) is 0 Å². The summed E-state index contributed by atoms with van der Waals surface area (Å²) in [6, 6.07) is 5.99. The van der Waals surface area contributed by atoms with E-state index >= 15 is 0 Å². The lowest BCUT2D eigenvalue weighted by Gasteiger charge is -2.34. The van der Waals surface area contributed by atoms with E-state index in [1.54, 1.807) is 24.7 Å². The molecular weight excluding hydrogens is 309 g/mol. The van der Waals surface area contributed by atoms with Gasteiger partial charge in [-0.25, -0.2) is 9.37 Å². The molecule has 5 nitrogen and oxygen atoms in total. The fourth-order valence-electron chi connectivity index (χ4n) is 3.20. The number of imidazole rings is 1. The molecule has 2 heterocycles. The third-order valence-electron chi connectivity index (χ3n) is 4.69. The Hall–Kier alpha value is -2.21. The van der Waals surface area contributed by atoms with Crippen LogP contribution in [0.3, 0.4) is 0 Å². The highest BCUT2D eigenvalue weighted by Crippen LogP contribution is 2.30. The van der Waals surface area contributed by atoms with Gasteiger partial charge in [0.2, 0.25) is 5.91 Å². The number of halogens is 1. The van der Waals surface area contributed by atoms with Gasteiger partial charge in [-0.3, -0.25) is 4.79 Å². The van der Waals surface area contributed by atoms with E-state index in [-0.39, 0.29) is 17.6 Å². The maximum atomic E-state index is 13.0. The lowest BCUT2D eigenvalue weighted by atomic mass is 9.87. The molecule has 0 bridgehead atoms. The Kier molecular flexibility index (Phi) is 5.25. The summed E-state index contributed by atoms with van der Waals surface area (Å²) in [5.41, 5.74) is 0.737. The summed E-state index contributed by atoms with van der Waals surface area (Å²) in [4.78, 5) is 18.1. The second-order valence-corrected chi connectivity index (χ2v) is 6.27. The monoisotopic (exact) mass is 331 g/mol. The zero-order chi connectivity index (χ0) is 16.9. The minimum Gasteiger partial charge on any atom is -0.388 e. The Morgan fingerprint density at radius 3 is 2.62 bits per heavy atom. The minimum absolute atomic E-state index is 0.105. The van der Waals surface area contributed by atoms with E-state index < -0.39 is 6.10 Å². The summed E-state index contributed by atoms with van der Waals surface area (Å²) in [7, 11) is 0. The molecule has 1 aliphatic rings. The molecule has 1 saturated heterocycles. The average Bonchev–Trinajstić information content (AvgIpc) is 3.13. The number of benzene rings is 1. The number of aromatic nitrogens is 2. The van der Waals surface area contributed by atoms with E-state index in [9.17, 15) is 14.3 Å². The van der Waals surface area contributed by atoms with E-state index in [4.69, 9.17) is 0 Å². The largest absolute Gasteiger partial charge is 0.388 e. The Morgan fingerprint density at radius 1 is 1.29 bits per heavy atom. The van der Waals surface area contributed by atoms with Crippen molar-refractivity contribution < 1.29 is 14.3 Å². The van der Waals surface area contributed by atoms with E-state index in [0.29, 0.717) is 26.1 Å². The first-order valence-electron chi connectivity index (χ1n) is 8.30. The molecule has 1 aliphatic heterocycles. The van der Waals surface area contributed by atoms with Crippen LogP contribution in [0.1, 0.15) is 30.9 Å². The predicted molar refractivity (Wildman–Crippen MR) is 87.5 cm³/mol. The lowest BCUT2D eigenvalue weighted by molar-refractivity contribution is -0.133. The lowest BCUT2D eigenvalue weighted by Crippen LogP contribution is -2.40. The quantitative estimate of drug-likeness (QED) is 0.915. The van der Waals surface area contributed by atoms with Crippen LogP contribution in [-0.4, -0.2) is 38.6 Å². The Morgan fingerprint density at radius 2 is 2.00 bits per heavy atom. The number of aryl methyl sites for hydroxylation is 1. The molecule has 1 fully saturated rings. The number of carbonyl (C=O) groups is 1. The highest BCUT2D eigenvalue weighted by atomic mass is 19.1. The first kappa shape index (κ1) is 16.6. The van der Waals surface area contributed by atoms with E-state index in [1.807, 2.05) is 15.7 Å². The molecule has 1 unspecified atom stereocenters. The average molecular weight is 331 g/mol. The molecule has 1 aromatic carbocycles. The van der Waals surface area contributed by atoms with Crippen LogP contribution in [0, 0.1) is 11.7 Å². The summed E-state index contributed by atoms with van der Waals surface area (Å²) < 4.78 is 14.9. The molecule has 1 atom stereocenters. The van der Waals surface area contributed by atoms with Crippen LogP contribution in [0.15, 0.2) is 43.0 Å². The predicted octanol–water partition coefficient (Wildman–Crippen LogP) is 2.38. The van der Waals surface area contributed by atoms with Gasteiger partial charge in [0.25, 0.3) is 0 Å². The fourth-order valence-corrected chi connectivity index (χ4v) is 3.20. The molecule has 24 heavy (non-hydrogen) atoms. The van der Waals surface area contributed by atoms with Gasteiger partial charge < -0.3 is 14.6 Å². The zero-order valence-corrected chi connectivity index (χ0v) is 13.5. The summed E-state index contributed by atoms with van der Waals surface area (Å²) in [6.07, 6.45) is 6.63. The standard InChI is InChI=1S/C18H22FN3O2/c19-16-3-1-14(2-4-16)18(24)15-5-10-22(11-6-15)17(23)7-9-21-12-8-20-13-21/h1-4,8,12-13,15,18,24H,5-7,9-11H2. The van der Waals surface area contributed by atoms with Crippen LogP contribution in [0.4, 0.5) is 4.39 Å². The Labute approximate surface area is 140 Å². The SMILES string of the molecule is O=C(CCn1ccnc1)N1CCC(C(O)c2ccc(F)cc2)CC1. The molecule has 1 N–H and O–H groups in total. The number of amides is 1. The molecule has 0 saturated carbocycles. The molecule has 0 spiro atoms. The summed E-state index contributed by atoms with van der Waals surface area (Å²) >= 11 is 0. The van der Waals surface area contributed by atoms with Crippen molar-refractivity contribution in [2.75, 3.05) is 13.1 Å². The number of aliphatic hydroxyl groups excluding tert-OH is 1. The van der Waals surface area contributed by atoms with Crippen molar-refractivity contribution in [1.82, 2.24) is 14.5 Å². The maximum absolute atomic E-state index is 13.0. The summed E-state index contributed by atoms with van der Waals surface area (Å²) in [5.74, 6) is -0.0594. The van der Waals surface area contributed by atoms with Crippen molar-refractivity contribution in [1.29, 1.82) is 0 Å². The molecular formula is C18H22FN3O2. The molecule has 0 radical (unpaired) electrons. The normalized spacial score (nSPS) is 17.0. The van der Waals surface area contributed by atoms with Gasteiger partial charge in [0.1, 0.15) is 5.82 Å². The number of piperidine rings is 1. The number of aliphatic hydroxyl groups is 1. The number of carbonyl (C=O) groups excluding carboxylic acids is 1. The summed E-state index contributed by atoms with van der Waals surface area (Å²) in [5, 5.41) is 10.5. The first-order valence-corrected chi connectivity index (χ1v) is 8.30. The van der Waals surface area contributed by atoms with Crippen LogP contribution in [0.25, 0.3) is 0 Å². The Bertz CT molecular complexity index is 649. The number of rotatable bonds is 5. The van der Waals surface area contributed by atoms with Crippen LogP contribution in [0.5, 0.6) is 0 Å². The van der Waals surface area contributed by atoms with Gasteiger partial charge in [-0.05, 0) is 36.5 Å². The van der Waals surface area contributed by atoms with E-state index in [2.05, 4.69) is 4.98 Å². The Balaban J connectivity index is 1.48. The third kappa shape index (κ3) is 4.00. The molecule has 6 heteroatoms. The third-order valence-corrected chi connectivity index (χ3v) is 4.69. The number of nitrogens with zero attached hydrogens (tertiary/aromatic N) is 3. The zero-order valence-electron chi connectivity index (χ0n) is 13.5. The molecule has 3 rings (SSSR count). The van der Waals surface area contributed by atoms with Gasteiger partial charge >= 0.3 is 0 Å². The fraction of sp³-hybridized carbons (Fsp3) is 0.444. The van der Waals surface area contributed by atoms with Crippen molar-refractivity contribution in [3.63, 3.8) is 0 Å². The first-order chi connectivity index (χ1) is 11.6. The smallest absolute Gasteiger partial charge is 0.224 e. The number of hydrogen-bond acceptors (Lipinski definition) is 3. The van der Waals surface area contributed by atoms with Gasteiger partial charge in [0, 0.05) is 38.4 Å². The molecule has 0 aliphatic carbocycles. The van der Waals surface area contributed by atoms with Crippen molar-refractivity contribution in [2.24, 2.45) is 5.92 Å². The van der Waals surface area contributed by atoms with Gasteiger partial charge in [0.15, 0.2) is 0 Å². The number of likely N-dealkylation sites (tertiary alicyclic amines) is 1. The van der Waals surface area contributed by atoms with E-state index in [0.717, 1.165) is 18.4 Å². The van der Waals surface area contributed by atoms with Crippen molar-refractivity contribution in [3.05, 3.63) is 54.4 Å². The summed E-state index contributed by atoms with van der Waals surface area (Å²) in [6.45, 7) is 1.95. The van der Waals surface area contributed by atoms with Gasteiger partial charge in [-0.1, -0.05) is 12.1 Å². The second kappa shape index (κ2) is 7.57. The minimum atomic E-state index is -0.603. The van der Waals surface area contributed by atoms with Crippen molar-refractivity contribution in [2.45, 2.75) is 31.9 Å². The molecule has 1 amide bonds. The van der Waals surface area contributed by atoms with Gasteiger partial charge in [-0.15, -0.1) is 0 Å². The molecule has 128 valence electrons. The van der Waals surface area contributed by atoms with Crippen LogP contribution in [-0.2, 0) is 11.3 Å². The van der Waals surface area contributed by atoms with Gasteiger partial charge in [0.05, 0.1) is 12.4 Å². The highest BCUT2D eigenvalue weighted by Gasteiger charge is 2.28. The topological polar surface area (TPSA) is 58.4 Å². The maximum Gasteiger partial charge on any atom is 0.224 e.